The predicted octanol–water partition coefficient (Wildman–Crippen LogP) is 4.57. The summed E-state index contributed by atoms with van der Waals surface area (Å²) >= 11 is 0. The van der Waals surface area contributed by atoms with Crippen molar-refractivity contribution in [1.82, 2.24) is 0 Å². The summed E-state index contributed by atoms with van der Waals surface area (Å²) in [5, 5.41) is 10.00. The zero-order valence-electron chi connectivity index (χ0n) is 10.7. The van der Waals surface area contributed by atoms with Gasteiger partial charge in [0.25, 0.3) is 0 Å². The van der Waals surface area contributed by atoms with Crippen molar-refractivity contribution in [3.63, 3.8) is 0 Å². The molecule has 1 atom stereocenters. The predicted molar refractivity (Wildman–Crippen MR) is 65.1 cm³/mol. The SMILES string of the molecule is CCC(CC)CC(O)c1ccccc1C(F)(F)F. The van der Waals surface area contributed by atoms with Crippen LogP contribution in [0.25, 0.3) is 0 Å². The lowest BCUT2D eigenvalue weighted by Gasteiger charge is -2.21. The van der Waals surface area contributed by atoms with Gasteiger partial charge >= 0.3 is 6.18 Å². The van der Waals surface area contributed by atoms with Gasteiger partial charge in [0.2, 0.25) is 0 Å². The largest absolute Gasteiger partial charge is 0.416 e. The molecule has 0 spiro atoms. The maximum absolute atomic E-state index is 12.8. The third-order valence-corrected chi connectivity index (χ3v) is 3.34. The van der Waals surface area contributed by atoms with Gasteiger partial charge in [-0.25, -0.2) is 0 Å². The summed E-state index contributed by atoms with van der Waals surface area (Å²) in [5.41, 5.74) is -0.750. The molecule has 0 aliphatic carbocycles. The van der Waals surface area contributed by atoms with Crippen LogP contribution in [0.3, 0.4) is 0 Å². The van der Waals surface area contributed by atoms with E-state index in [1.807, 2.05) is 13.8 Å². The Morgan fingerprint density at radius 1 is 1.11 bits per heavy atom. The average Bonchev–Trinajstić information content (AvgIpc) is 2.34. The highest BCUT2D eigenvalue weighted by Crippen LogP contribution is 2.36. The van der Waals surface area contributed by atoms with Crippen LogP contribution >= 0.6 is 0 Å². The fraction of sp³-hybridized carbons (Fsp3) is 0.571. The van der Waals surface area contributed by atoms with Crippen LogP contribution in [-0.2, 0) is 6.18 Å². The first-order chi connectivity index (χ1) is 8.40. The van der Waals surface area contributed by atoms with Gasteiger partial charge in [0.15, 0.2) is 0 Å². The van der Waals surface area contributed by atoms with Crippen molar-refractivity contribution in [3.05, 3.63) is 35.4 Å². The summed E-state index contributed by atoms with van der Waals surface area (Å²) in [7, 11) is 0. The third kappa shape index (κ3) is 3.73. The number of hydrogen-bond donors (Lipinski definition) is 1. The van der Waals surface area contributed by atoms with Crippen molar-refractivity contribution in [2.75, 3.05) is 0 Å². The number of hydrogen-bond acceptors (Lipinski definition) is 1. The van der Waals surface area contributed by atoms with Crippen molar-refractivity contribution in [2.24, 2.45) is 5.92 Å². The molecule has 1 nitrogen and oxygen atoms in total. The quantitative estimate of drug-likeness (QED) is 0.822. The Kier molecular flexibility index (Phi) is 5.20. The lowest BCUT2D eigenvalue weighted by Crippen LogP contribution is -2.14. The molecule has 1 aromatic rings. The molecule has 0 aliphatic rings. The minimum Gasteiger partial charge on any atom is -0.388 e. The van der Waals surface area contributed by atoms with Crippen LogP contribution in [-0.4, -0.2) is 5.11 Å². The molecule has 0 aliphatic heterocycles. The van der Waals surface area contributed by atoms with Crippen LogP contribution in [0, 0.1) is 5.92 Å². The Bertz CT molecular complexity index is 370. The van der Waals surface area contributed by atoms with Gasteiger partial charge in [0.05, 0.1) is 11.7 Å². The lowest BCUT2D eigenvalue weighted by atomic mass is 9.91. The second-order valence-electron chi connectivity index (χ2n) is 4.52. The standard InChI is InChI=1S/C14H19F3O/c1-3-10(4-2)9-13(18)11-7-5-6-8-12(11)14(15,16)17/h5-8,10,13,18H,3-4,9H2,1-2H3. The molecule has 0 amide bonds. The molecule has 18 heavy (non-hydrogen) atoms. The molecule has 1 aromatic carbocycles. The highest BCUT2D eigenvalue weighted by atomic mass is 19.4. The molecule has 0 saturated heterocycles. The molecule has 0 radical (unpaired) electrons. The number of rotatable bonds is 5. The third-order valence-electron chi connectivity index (χ3n) is 3.34. The smallest absolute Gasteiger partial charge is 0.388 e. The molecule has 4 heteroatoms. The summed E-state index contributed by atoms with van der Waals surface area (Å²) in [6.45, 7) is 3.97. The summed E-state index contributed by atoms with van der Waals surface area (Å²) in [6.07, 6.45) is -3.36. The van der Waals surface area contributed by atoms with Crippen LogP contribution in [0.1, 0.15) is 50.3 Å². The molecule has 102 valence electrons. The zero-order chi connectivity index (χ0) is 13.8. The highest BCUT2D eigenvalue weighted by molar-refractivity contribution is 5.31. The maximum Gasteiger partial charge on any atom is 0.416 e. The Labute approximate surface area is 106 Å². The topological polar surface area (TPSA) is 20.2 Å². The summed E-state index contributed by atoms with van der Waals surface area (Å²) in [5.74, 6) is 0.251. The van der Waals surface area contributed by atoms with Crippen LogP contribution in [0.2, 0.25) is 0 Å². The molecular weight excluding hydrogens is 241 g/mol. The molecule has 1 rings (SSSR count). The number of benzene rings is 1. The molecule has 1 unspecified atom stereocenters. The molecule has 0 fully saturated rings. The zero-order valence-corrected chi connectivity index (χ0v) is 10.7. The monoisotopic (exact) mass is 260 g/mol. The fourth-order valence-electron chi connectivity index (χ4n) is 2.11. The van der Waals surface area contributed by atoms with Crippen LogP contribution < -0.4 is 0 Å². The number of alkyl halides is 3. The molecule has 0 bridgehead atoms. The summed E-state index contributed by atoms with van der Waals surface area (Å²) < 4.78 is 38.4. The maximum atomic E-state index is 12.8. The summed E-state index contributed by atoms with van der Waals surface area (Å²) in [6, 6.07) is 5.25. The minimum atomic E-state index is -4.41. The highest BCUT2D eigenvalue weighted by Gasteiger charge is 2.34. The number of aliphatic hydroxyl groups is 1. The van der Waals surface area contributed by atoms with Crippen LogP contribution in [0.15, 0.2) is 24.3 Å². The molecular formula is C14H19F3O. The van der Waals surface area contributed by atoms with E-state index in [9.17, 15) is 18.3 Å². The van der Waals surface area contributed by atoms with Crippen molar-refractivity contribution < 1.29 is 18.3 Å². The second kappa shape index (κ2) is 6.23. The Balaban J connectivity index is 2.95. The van der Waals surface area contributed by atoms with Gasteiger partial charge < -0.3 is 5.11 Å². The Morgan fingerprint density at radius 3 is 2.17 bits per heavy atom. The van der Waals surface area contributed by atoms with E-state index in [0.717, 1.165) is 18.9 Å². The molecule has 1 N–H and O–H groups in total. The van der Waals surface area contributed by atoms with Gasteiger partial charge in [-0.05, 0) is 24.0 Å². The first-order valence-corrected chi connectivity index (χ1v) is 6.24. The van der Waals surface area contributed by atoms with Gasteiger partial charge in [-0.1, -0.05) is 44.9 Å². The van der Waals surface area contributed by atoms with E-state index in [-0.39, 0.29) is 11.5 Å². The van der Waals surface area contributed by atoms with E-state index in [2.05, 4.69) is 0 Å². The Morgan fingerprint density at radius 2 is 1.67 bits per heavy atom. The van der Waals surface area contributed by atoms with Crippen molar-refractivity contribution >= 4 is 0 Å². The van der Waals surface area contributed by atoms with Crippen LogP contribution in [0.4, 0.5) is 13.2 Å². The van der Waals surface area contributed by atoms with E-state index in [0.29, 0.717) is 6.42 Å². The summed E-state index contributed by atoms with van der Waals surface area (Å²) in [4.78, 5) is 0. The van der Waals surface area contributed by atoms with E-state index < -0.39 is 17.8 Å². The van der Waals surface area contributed by atoms with E-state index in [1.54, 1.807) is 0 Å². The van der Waals surface area contributed by atoms with E-state index in [4.69, 9.17) is 0 Å². The van der Waals surface area contributed by atoms with Gasteiger partial charge in [-0.15, -0.1) is 0 Å². The average molecular weight is 260 g/mol. The first-order valence-electron chi connectivity index (χ1n) is 6.24. The number of halogens is 3. The minimum absolute atomic E-state index is 0.0168. The number of aliphatic hydroxyl groups excluding tert-OH is 1. The second-order valence-corrected chi connectivity index (χ2v) is 4.52. The lowest BCUT2D eigenvalue weighted by molar-refractivity contribution is -0.139. The molecule has 0 aromatic heterocycles. The molecule has 0 heterocycles. The van der Waals surface area contributed by atoms with Crippen molar-refractivity contribution in [3.8, 4) is 0 Å². The Hall–Kier alpha value is -1.03. The van der Waals surface area contributed by atoms with E-state index in [1.165, 1.54) is 18.2 Å². The molecule has 0 saturated carbocycles. The van der Waals surface area contributed by atoms with Crippen molar-refractivity contribution in [1.29, 1.82) is 0 Å². The van der Waals surface area contributed by atoms with Gasteiger partial charge in [-0.2, -0.15) is 13.2 Å². The van der Waals surface area contributed by atoms with Gasteiger partial charge in [-0.3, -0.25) is 0 Å². The first kappa shape index (κ1) is 15.0. The fourth-order valence-corrected chi connectivity index (χ4v) is 2.11. The van der Waals surface area contributed by atoms with Crippen LogP contribution in [0.5, 0.6) is 0 Å². The normalized spacial score (nSPS) is 13.9. The van der Waals surface area contributed by atoms with E-state index >= 15 is 0 Å². The van der Waals surface area contributed by atoms with Crippen molar-refractivity contribution in [2.45, 2.75) is 45.4 Å². The van der Waals surface area contributed by atoms with Gasteiger partial charge in [0.1, 0.15) is 0 Å². The van der Waals surface area contributed by atoms with Gasteiger partial charge in [0, 0.05) is 0 Å².